The number of aliphatic hydroxyl groups is 1. The summed E-state index contributed by atoms with van der Waals surface area (Å²) in [4.78, 5) is 8.26. The first-order valence-electron chi connectivity index (χ1n) is 6.15. The molecule has 0 amide bonds. The number of nitrogens with two attached hydrogens (primary N) is 1. The quantitative estimate of drug-likeness (QED) is 0.671. The van der Waals surface area contributed by atoms with Crippen LogP contribution in [-0.2, 0) is 6.42 Å². The molecule has 0 aromatic carbocycles. The molecule has 0 spiro atoms. The molecule has 0 aliphatic heterocycles. The number of rotatable bonds is 7. The summed E-state index contributed by atoms with van der Waals surface area (Å²) in [5.74, 6) is 1.38. The number of anilines is 2. The lowest BCUT2D eigenvalue weighted by atomic mass is 10.1. The van der Waals surface area contributed by atoms with Gasteiger partial charge in [-0.3, -0.25) is 0 Å². The second-order valence-corrected chi connectivity index (χ2v) is 4.25. The minimum absolute atomic E-state index is 0.222. The smallest absolute Gasteiger partial charge is 0.134 e. The summed E-state index contributed by atoms with van der Waals surface area (Å²) in [5, 5.41) is 12.1. The van der Waals surface area contributed by atoms with Crippen LogP contribution in [0.4, 0.5) is 11.6 Å². The third-order valence-electron chi connectivity index (χ3n) is 2.66. The SMILES string of the molecule is CCCc1c(N)ncnc1NC(C)CCCO. The topological polar surface area (TPSA) is 84.1 Å². The summed E-state index contributed by atoms with van der Waals surface area (Å²) >= 11 is 0. The van der Waals surface area contributed by atoms with Crippen LogP contribution in [0.15, 0.2) is 6.33 Å². The molecule has 0 aliphatic carbocycles. The highest BCUT2D eigenvalue weighted by Gasteiger charge is 2.10. The molecule has 0 saturated carbocycles. The van der Waals surface area contributed by atoms with Crippen molar-refractivity contribution in [1.29, 1.82) is 0 Å². The molecule has 0 fully saturated rings. The van der Waals surface area contributed by atoms with Gasteiger partial charge < -0.3 is 16.2 Å². The zero-order valence-electron chi connectivity index (χ0n) is 10.6. The average molecular weight is 238 g/mol. The number of aliphatic hydroxyl groups excluding tert-OH is 1. The van der Waals surface area contributed by atoms with Crippen LogP contribution >= 0.6 is 0 Å². The van der Waals surface area contributed by atoms with E-state index in [0.717, 1.165) is 37.1 Å². The molecule has 17 heavy (non-hydrogen) atoms. The highest BCUT2D eigenvalue weighted by atomic mass is 16.2. The van der Waals surface area contributed by atoms with Gasteiger partial charge in [0.2, 0.25) is 0 Å². The summed E-state index contributed by atoms with van der Waals surface area (Å²) in [6.07, 6.45) is 5.07. The zero-order valence-corrected chi connectivity index (χ0v) is 10.6. The van der Waals surface area contributed by atoms with Gasteiger partial charge in [-0.25, -0.2) is 9.97 Å². The lowest BCUT2D eigenvalue weighted by Gasteiger charge is -2.17. The van der Waals surface area contributed by atoms with Gasteiger partial charge in [-0.1, -0.05) is 13.3 Å². The first-order valence-corrected chi connectivity index (χ1v) is 6.15. The van der Waals surface area contributed by atoms with Gasteiger partial charge in [-0.2, -0.15) is 0 Å². The summed E-state index contributed by atoms with van der Waals surface area (Å²) in [7, 11) is 0. The van der Waals surface area contributed by atoms with Gasteiger partial charge >= 0.3 is 0 Å². The number of nitrogens with one attached hydrogen (secondary N) is 1. The van der Waals surface area contributed by atoms with Crippen molar-refractivity contribution in [2.24, 2.45) is 0 Å². The second-order valence-electron chi connectivity index (χ2n) is 4.25. The van der Waals surface area contributed by atoms with Crippen molar-refractivity contribution < 1.29 is 5.11 Å². The Kier molecular flexibility index (Phi) is 5.69. The van der Waals surface area contributed by atoms with Crippen molar-refractivity contribution in [3.63, 3.8) is 0 Å². The summed E-state index contributed by atoms with van der Waals surface area (Å²) in [5.41, 5.74) is 6.84. The lowest BCUT2D eigenvalue weighted by Crippen LogP contribution is -2.18. The third-order valence-corrected chi connectivity index (χ3v) is 2.66. The predicted molar refractivity (Wildman–Crippen MR) is 69.8 cm³/mol. The van der Waals surface area contributed by atoms with E-state index in [4.69, 9.17) is 10.8 Å². The van der Waals surface area contributed by atoms with E-state index >= 15 is 0 Å². The fraction of sp³-hybridized carbons (Fsp3) is 0.667. The van der Waals surface area contributed by atoms with Gasteiger partial charge in [0.1, 0.15) is 18.0 Å². The summed E-state index contributed by atoms with van der Waals surface area (Å²) < 4.78 is 0. The van der Waals surface area contributed by atoms with E-state index in [-0.39, 0.29) is 12.6 Å². The van der Waals surface area contributed by atoms with Crippen molar-refractivity contribution in [3.05, 3.63) is 11.9 Å². The minimum atomic E-state index is 0.222. The van der Waals surface area contributed by atoms with Crippen LogP contribution < -0.4 is 11.1 Å². The lowest BCUT2D eigenvalue weighted by molar-refractivity contribution is 0.282. The molecular formula is C12H22N4O. The molecule has 0 saturated heterocycles. The van der Waals surface area contributed by atoms with Crippen LogP contribution in [0, 0.1) is 0 Å². The Bertz CT molecular complexity index is 343. The van der Waals surface area contributed by atoms with Crippen LogP contribution in [0.2, 0.25) is 0 Å². The Labute approximate surface area is 102 Å². The molecule has 1 aromatic rings. The van der Waals surface area contributed by atoms with E-state index in [0.29, 0.717) is 5.82 Å². The van der Waals surface area contributed by atoms with E-state index in [1.807, 2.05) is 0 Å². The van der Waals surface area contributed by atoms with Crippen molar-refractivity contribution in [2.75, 3.05) is 17.7 Å². The van der Waals surface area contributed by atoms with E-state index in [1.54, 1.807) is 0 Å². The molecule has 0 bridgehead atoms. The van der Waals surface area contributed by atoms with Crippen molar-refractivity contribution >= 4 is 11.6 Å². The molecule has 1 aromatic heterocycles. The van der Waals surface area contributed by atoms with E-state index < -0.39 is 0 Å². The highest BCUT2D eigenvalue weighted by Crippen LogP contribution is 2.20. The normalized spacial score (nSPS) is 12.4. The number of aromatic nitrogens is 2. The van der Waals surface area contributed by atoms with Gasteiger partial charge in [0.25, 0.3) is 0 Å². The maximum absolute atomic E-state index is 8.79. The molecule has 1 heterocycles. The van der Waals surface area contributed by atoms with Crippen LogP contribution in [0.3, 0.4) is 0 Å². The number of hydrogen-bond donors (Lipinski definition) is 3. The van der Waals surface area contributed by atoms with Crippen LogP contribution in [0.25, 0.3) is 0 Å². The fourth-order valence-corrected chi connectivity index (χ4v) is 1.75. The van der Waals surface area contributed by atoms with Crippen molar-refractivity contribution in [1.82, 2.24) is 9.97 Å². The maximum atomic E-state index is 8.79. The first-order chi connectivity index (χ1) is 8.19. The van der Waals surface area contributed by atoms with Crippen LogP contribution in [0.5, 0.6) is 0 Å². The monoisotopic (exact) mass is 238 g/mol. The van der Waals surface area contributed by atoms with Gasteiger partial charge in [0.15, 0.2) is 0 Å². The van der Waals surface area contributed by atoms with E-state index in [1.165, 1.54) is 6.33 Å². The molecule has 1 atom stereocenters. The first kappa shape index (κ1) is 13.7. The molecule has 1 unspecified atom stereocenters. The van der Waals surface area contributed by atoms with Gasteiger partial charge in [-0.15, -0.1) is 0 Å². The second kappa shape index (κ2) is 7.06. The average Bonchev–Trinajstić information content (AvgIpc) is 2.31. The maximum Gasteiger partial charge on any atom is 0.134 e. The number of nitrogens with zero attached hydrogens (tertiary/aromatic N) is 2. The van der Waals surface area contributed by atoms with Crippen LogP contribution in [-0.4, -0.2) is 27.7 Å². The van der Waals surface area contributed by atoms with E-state index in [2.05, 4.69) is 29.1 Å². The van der Waals surface area contributed by atoms with Gasteiger partial charge in [0.05, 0.1) is 0 Å². The predicted octanol–water partition coefficient (Wildman–Crippen LogP) is 1.58. The largest absolute Gasteiger partial charge is 0.396 e. The molecule has 4 N–H and O–H groups in total. The Morgan fingerprint density at radius 2 is 2.24 bits per heavy atom. The molecular weight excluding hydrogens is 216 g/mol. The van der Waals surface area contributed by atoms with Crippen molar-refractivity contribution in [3.8, 4) is 0 Å². The molecule has 0 radical (unpaired) electrons. The minimum Gasteiger partial charge on any atom is -0.396 e. The number of nitrogen functional groups attached to an aromatic ring is 1. The molecule has 1 rings (SSSR count). The highest BCUT2D eigenvalue weighted by molar-refractivity contribution is 5.55. The van der Waals surface area contributed by atoms with E-state index in [9.17, 15) is 0 Å². The summed E-state index contributed by atoms with van der Waals surface area (Å²) in [6, 6.07) is 0.270. The standard InChI is InChI=1S/C12H22N4O/c1-3-5-10-11(13)14-8-15-12(10)16-9(2)6-4-7-17/h8-9,17H,3-7H2,1-2H3,(H3,13,14,15,16). The molecule has 5 heteroatoms. The fourth-order valence-electron chi connectivity index (χ4n) is 1.75. The zero-order chi connectivity index (χ0) is 12.7. The number of hydrogen-bond acceptors (Lipinski definition) is 5. The Morgan fingerprint density at radius 1 is 1.47 bits per heavy atom. The molecule has 96 valence electrons. The van der Waals surface area contributed by atoms with Gasteiger partial charge in [-0.05, 0) is 26.2 Å². The van der Waals surface area contributed by atoms with Crippen molar-refractivity contribution in [2.45, 2.75) is 45.6 Å². The Balaban J connectivity index is 2.72. The summed E-state index contributed by atoms with van der Waals surface area (Å²) in [6.45, 7) is 4.40. The van der Waals surface area contributed by atoms with Gasteiger partial charge in [0, 0.05) is 18.2 Å². The molecule has 0 aliphatic rings. The van der Waals surface area contributed by atoms with Crippen LogP contribution in [0.1, 0.15) is 38.7 Å². The Morgan fingerprint density at radius 3 is 2.88 bits per heavy atom. The Hall–Kier alpha value is -1.36. The molecule has 5 nitrogen and oxygen atoms in total. The third kappa shape index (κ3) is 4.19.